The number of hydrogen-bond acceptors (Lipinski definition) is 4. The van der Waals surface area contributed by atoms with E-state index in [0.717, 1.165) is 60.8 Å². The lowest BCUT2D eigenvalue weighted by atomic mass is 10.1. The van der Waals surface area contributed by atoms with E-state index in [1.54, 1.807) is 7.11 Å². The van der Waals surface area contributed by atoms with Gasteiger partial charge in [-0.05, 0) is 60.1 Å². The molecule has 2 heterocycles. The van der Waals surface area contributed by atoms with E-state index in [9.17, 15) is 4.79 Å². The third-order valence-electron chi connectivity index (χ3n) is 6.36. The van der Waals surface area contributed by atoms with Gasteiger partial charge in [0.05, 0.1) is 12.8 Å². The van der Waals surface area contributed by atoms with Crippen LogP contribution in [0.25, 0.3) is 10.8 Å². The molecule has 0 atom stereocenters. The Labute approximate surface area is 195 Å². The summed E-state index contributed by atoms with van der Waals surface area (Å²) in [4.78, 5) is 19.7. The van der Waals surface area contributed by atoms with Gasteiger partial charge in [0.15, 0.2) is 0 Å². The summed E-state index contributed by atoms with van der Waals surface area (Å²) in [6.45, 7) is 4.60. The van der Waals surface area contributed by atoms with E-state index in [1.165, 1.54) is 10.9 Å². The Balaban J connectivity index is 0.00000245. The van der Waals surface area contributed by atoms with E-state index < -0.39 is 0 Å². The van der Waals surface area contributed by atoms with E-state index in [0.29, 0.717) is 6.54 Å². The van der Waals surface area contributed by atoms with Gasteiger partial charge >= 0.3 is 6.03 Å². The number of amides is 2. The molecule has 2 aliphatic rings. The molecule has 3 aromatic rings. The maximum absolute atomic E-state index is 13.2. The molecule has 6 nitrogen and oxygen atoms in total. The van der Waals surface area contributed by atoms with Gasteiger partial charge in [-0.2, -0.15) is 0 Å². The average molecular weight is 453 g/mol. The summed E-state index contributed by atoms with van der Waals surface area (Å²) in [5.74, 6) is 0.834. The summed E-state index contributed by atoms with van der Waals surface area (Å²) in [6, 6.07) is 18.4. The number of hydrogen-bond donors (Lipinski definition) is 1. The number of benzene rings is 3. The molecule has 0 radical (unpaired) electrons. The monoisotopic (exact) mass is 452 g/mol. The largest absolute Gasteiger partial charge is 0.495 e. The normalized spacial score (nSPS) is 15.9. The lowest BCUT2D eigenvalue weighted by molar-refractivity contribution is 0.257. The Bertz CT molecular complexity index is 1130. The third-order valence-corrected chi connectivity index (χ3v) is 6.36. The summed E-state index contributed by atoms with van der Waals surface area (Å²) < 4.78 is 5.59. The van der Waals surface area contributed by atoms with Gasteiger partial charge in [-0.3, -0.25) is 4.90 Å². The maximum Gasteiger partial charge on any atom is 0.326 e. The van der Waals surface area contributed by atoms with Gasteiger partial charge in [-0.15, -0.1) is 12.4 Å². The number of piperazine rings is 1. The van der Waals surface area contributed by atoms with Gasteiger partial charge in [0.25, 0.3) is 0 Å². The Morgan fingerprint density at radius 1 is 0.906 bits per heavy atom. The van der Waals surface area contributed by atoms with E-state index >= 15 is 0 Å². The quantitative estimate of drug-likeness (QED) is 0.630. The van der Waals surface area contributed by atoms with Crippen LogP contribution in [0.15, 0.2) is 54.6 Å². The molecular formula is C25H29ClN4O2. The fraction of sp³-hybridized carbons (Fsp3) is 0.320. The zero-order chi connectivity index (χ0) is 21.4. The summed E-state index contributed by atoms with van der Waals surface area (Å²) in [5, 5.41) is 5.48. The lowest BCUT2D eigenvalue weighted by Gasteiger charge is -2.35. The molecule has 1 saturated heterocycles. The number of anilines is 3. The van der Waals surface area contributed by atoms with Crippen LogP contribution in [-0.2, 0) is 6.42 Å². The molecule has 0 bridgehead atoms. The highest BCUT2D eigenvalue weighted by molar-refractivity contribution is 6.05. The van der Waals surface area contributed by atoms with Crippen molar-refractivity contribution in [1.29, 1.82) is 0 Å². The summed E-state index contributed by atoms with van der Waals surface area (Å²) in [6.07, 6.45) is 0.878. The number of carbonyl (C=O) groups excluding carboxylic acids is 1. The minimum atomic E-state index is -0.0940. The van der Waals surface area contributed by atoms with Crippen molar-refractivity contribution in [2.75, 3.05) is 62.0 Å². The first-order chi connectivity index (χ1) is 15.1. The number of carbonyl (C=O) groups is 1. The number of likely N-dealkylation sites (N-methyl/N-ethyl adjacent to an activating group) is 1. The highest BCUT2D eigenvalue weighted by Gasteiger charge is 2.26. The standard InChI is InChI=1S/C25H28N4O2.ClH/c1-27-11-13-28(14-12-27)23-17-21(7-8-24(23)31-2)26-25(30)29-10-9-20-15-18-5-3-4-6-19(18)16-22(20)29;/h3-8,15-17H,9-14H2,1-2H3,(H,26,30);1H. The molecule has 1 N–H and O–H groups in total. The molecule has 2 aliphatic heterocycles. The van der Waals surface area contributed by atoms with Gasteiger partial charge in [0.2, 0.25) is 0 Å². The maximum atomic E-state index is 13.2. The first-order valence-corrected chi connectivity index (χ1v) is 10.8. The summed E-state index contributed by atoms with van der Waals surface area (Å²) >= 11 is 0. The number of rotatable bonds is 3. The summed E-state index contributed by atoms with van der Waals surface area (Å²) in [7, 11) is 3.83. The van der Waals surface area contributed by atoms with Gasteiger partial charge in [0, 0.05) is 44.1 Å². The van der Waals surface area contributed by atoms with Crippen LogP contribution in [0.4, 0.5) is 21.9 Å². The lowest BCUT2D eigenvalue weighted by Crippen LogP contribution is -2.44. The molecular weight excluding hydrogens is 424 g/mol. The molecule has 0 aromatic heterocycles. The zero-order valence-electron chi connectivity index (χ0n) is 18.5. The van der Waals surface area contributed by atoms with Crippen LogP contribution >= 0.6 is 12.4 Å². The second kappa shape index (κ2) is 9.27. The van der Waals surface area contributed by atoms with Crippen LogP contribution in [0.5, 0.6) is 5.75 Å². The SMILES string of the molecule is COc1ccc(NC(=O)N2CCc3cc4ccccc4cc32)cc1N1CCN(C)CC1.Cl. The van der Waals surface area contributed by atoms with Gasteiger partial charge in [-0.1, -0.05) is 24.3 Å². The van der Waals surface area contributed by atoms with E-state index in [4.69, 9.17) is 4.74 Å². The molecule has 1 fully saturated rings. The zero-order valence-corrected chi connectivity index (χ0v) is 19.3. The number of fused-ring (bicyclic) bond motifs is 2. The number of nitrogens with one attached hydrogen (secondary N) is 1. The van der Waals surface area contributed by atoms with Crippen molar-refractivity contribution in [1.82, 2.24) is 4.90 Å². The molecule has 7 heteroatoms. The van der Waals surface area contributed by atoms with Crippen LogP contribution in [0.2, 0.25) is 0 Å². The van der Waals surface area contributed by atoms with Gasteiger partial charge in [-0.25, -0.2) is 4.79 Å². The molecule has 0 saturated carbocycles. The van der Waals surface area contributed by atoms with Crippen molar-refractivity contribution < 1.29 is 9.53 Å². The van der Waals surface area contributed by atoms with Crippen molar-refractivity contribution in [2.24, 2.45) is 0 Å². The number of ether oxygens (including phenoxy) is 1. The van der Waals surface area contributed by atoms with E-state index in [-0.39, 0.29) is 18.4 Å². The first-order valence-electron chi connectivity index (χ1n) is 10.8. The second-order valence-corrected chi connectivity index (χ2v) is 8.34. The Morgan fingerprint density at radius 3 is 2.34 bits per heavy atom. The molecule has 2 amide bonds. The first kappa shape index (κ1) is 22.2. The second-order valence-electron chi connectivity index (χ2n) is 8.34. The number of halogens is 1. The third kappa shape index (κ3) is 4.20. The van der Waals surface area contributed by atoms with Crippen LogP contribution in [0, 0.1) is 0 Å². The highest BCUT2D eigenvalue weighted by Crippen LogP contribution is 2.35. The van der Waals surface area contributed by atoms with Crippen LogP contribution in [-0.4, -0.2) is 57.8 Å². The van der Waals surface area contributed by atoms with E-state index in [1.807, 2.05) is 29.2 Å². The van der Waals surface area contributed by atoms with Crippen molar-refractivity contribution in [3.8, 4) is 5.75 Å². The molecule has 0 aliphatic carbocycles. The van der Waals surface area contributed by atoms with Crippen LogP contribution in [0.3, 0.4) is 0 Å². The minimum absolute atomic E-state index is 0. The predicted molar refractivity (Wildman–Crippen MR) is 134 cm³/mol. The topological polar surface area (TPSA) is 48.1 Å². The fourth-order valence-corrected chi connectivity index (χ4v) is 4.54. The van der Waals surface area contributed by atoms with E-state index in [2.05, 4.69) is 52.5 Å². The van der Waals surface area contributed by atoms with Crippen molar-refractivity contribution >= 4 is 46.3 Å². The van der Waals surface area contributed by atoms with Crippen LogP contribution in [0.1, 0.15) is 5.56 Å². The van der Waals surface area contributed by atoms with Gasteiger partial charge < -0.3 is 19.9 Å². The van der Waals surface area contributed by atoms with Gasteiger partial charge in [0.1, 0.15) is 5.75 Å². The molecule has 5 rings (SSSR count). The molecule has 32 heavy (non-hydrogen) atoms. The number of methoxy groups -OCH3 is 1. The van der Waals surface area contributed by atoms with Crippen molar-refractivity contribution in [3.05, 3.63) is 60.2 Å². The average Bonchev–Trinajstić information content (AvgIpc) is 3.21. The summed E-state index contributed by atoms with van der Waals surface area (Å²) in [5.41, 5.74) is 4.04. The molecule has 3 aromatic carbocycles. The fourth-order valence-electron chi connectivity index (χ4n) is 4.54. The number of urea groups is 1. The molecule has 0 unspecified atom stereocenters. The number of nitrogens with zero attached hydrogens (tertiary/aromatic N) is 3. The van der Waals surface area contributed by atoms with Crippen molar-refractivity contribution in [2.45, 2.75) is 6.42 Å². The Morgan fingerprint density at radius 2 is 1.62 bits per heavy atom. The smallest absolute Gasteiger partial charge is 0.326 e. The Hall–Kier alpha value is -2.96. The minimum Gasteiger partial charge on any atom is -0.495 e. The molecule has 168 valence electrons. The van der Waals surface area contributed by atoms with Crippen molar-refractivity contribution in [3.63, 3.8) is 0 Å². The van der Waals surface area contributed by atoms with Crippen LogP contribution < -0.4 is 19.9 Å². The highest BCUT2D eigenvalue weighted by atomic mass is 35.5. The predicted octanol–water partition coefficient (Wildman–Crippen LogP) is 4.62. The molecule has 0 spiro atoms. The Kier molecular flexibility index (Phi) is 6.44.